The smallest absolute Gasteiger partial charge is 0.159 e. The summed E-state index contributed by atoms with van der Waals surface area (Å²) in [6, 6.07) is 12.0. The number of sulfone groups is 1. The molecule has 1 aromatic carbocycles. The van der Waals surface area contributed by atoms with Crippen molar-refractivity contribution in [1.29, 1.82) is 5.26 Å². The van der Waals surface area contributed by atoms with Gasteiger partial charge in [0.05, 0.1) is 27.5 Å². The van der Waals surface area contributed by atoms with E-state index < -0.39 is 9.84 Å². The van der Waals surface area contributed by atoms with Crippen LogP contribution in [-0.4, -0.2) is 8.42 Å². The zero-order valence-electron chi connectivity index (χ0n) is 9.84. The molecule has 0 atom stereocenters. The van der Waals surface area contributed by atoms with E-state index in [1.807, 2.05) is 6.07 Å². The van der Waals surface area contributed by atoms with E-state index in [4.69, 9.17) is 16.9 Å². The summed E-state index contributed by atoms with van der Waals surface area (Å²) in [4.78, 5) is 0.735. The van der Waals surface area contributed by atoms with Gasteiger partial charge in [0.15, 0.2) is 9.84 Å². The van der Waals surface area contributed by atoms with Gasteiger partial charge in [-0.1, -0.05) is 23.7 Å². The van der Waals surface area contributed by atoms with Gasteiger partial charge in [0.1, 0.15) is 0 Å². The lowest BCUT2D eigenvalue weighted by Gasteiger charge is -2.03. The summed E-state index contributed by atoms with van der Waals surface area (Å²) < 4.78 is 24.6. The zero-order valence-corrected chi connectivity index (χ0v) is 12.2. The van der Waals surface area contributed by atoms with Crippen molar-refractivity contribution >= 4 is 32.8 Å². The molecule has 0 fully saturated rings. The van der Waals surface area contributed by atoms with Gasteiger partial charge in [0, 0.05) is 4.88 Å². The first-order chi connectivity index (χ1) is 8.98. The van der Waals surface area contributed by atoms with Gasteiger partial charge in [-0.05, 0) is 29.8 Å². The summed E-state index contributed by atoms with van der Waals surface area (Å²) in [6.45, 7) is 0. The molecule has 0 aliphatic rings. The summed E-state index contributed by atoms with van der Waals surface area (Å²) in [5.41, 5.74) is 1.20. The molecule has 0 amide bonds. The molecule has 2 aromatic rings. The van der Waals surface area contributed by atoms with Crippen molar-refractivity contribution in [2.24, 2.45) is 0 Å². The molecule has 0 spiro atoms. The minimum absolute atomic E-state index is 0.00954. The molecule has 0 aliphatic carbocycles. The van der Waals surface area contributed by atoms with Gasteiger partial charge in [-0.2, -0.15) is 5.26 Å². The van der Waals surface area contributed by atoms with Gasteiger partial charge < -0.3 is 0 Å². The third-order valence-corrected chi connectivity index (χ3v) is 5.40. The van der Waals surface area contributed by atoms with Gasteiger partial charge >= 0.3 is 0 Å². The summed E-state index contributed by atoms with van der Waals surface area (Å²) in [5.74, 6) is -0.0430. The van der Waals surface area contributed by atoms with Crippen molar-refractivity contribution in [2.75, 3.05) is 0 Å². The molecule has 0 radical (unpaired) electrons. The van der Waals surface area contributed by atoms with Crippen LogP contribution in [0.15, 0.2) is 36.4 Å². The quantitative estimate of drug-likeness (QED) is 0.869. The van der Waals surface area contributed by atoms with Crippen LogP contribution in [0.2, 0.25) is 4.34 Å². The zero-order chi connectivity index (χ0) is 13.9. The Hall–Kier alpha value is -1.35. The predicted molar refractivity (Wildman–Crippen MR) is 76.8 cm³/mol. The monoisotopic (exact) mass is 311 g/mol. The van der Waals surface area contributed by atoms with Crippen molar-refractivity contribution < 1.29 is 8.42 Å². The number of nitrogens with zero attached hydrogens (tertiary/aromatic N) is 1. The first-order valence-corrected chi connectivity index (χ1v) is 8.44. The Labute approximate surface area is 121 Å². The van der Waals surface area contributed by atoms with E-state index >= 15 is 0 Å². The van der Waals surface area contributed by atoms with Gasteiger partial charge in [0.25, 0.3) is 0 Å². The maximum atomic E-state index is 12.0. The Morgan fingerprint density at radius 3 is 2.32 bits per heavy atom. The van der Waals surface area contributed by atoms with Crippen LogP contribution in [-0.2, 0) is 21.3 Å². The van der Waals surface area contributed by atoms with Crippen LogP contribution in [0.1, 0.15) is 16.0 Å². The highest BCUT2D eigenvalue weighted by Crippen LogP contribution is 2.24. The highest BCUT2D eigenvalue weighted by molar-refractivity contribution is 7.90. The molecule has 1 heterocycles. The Morgan fingerprint density at radius 2 is 1.79 bits per heavy atom. The highest BCUT2D eigenvalue weighted by Gasteiger charge is 2.14. The second-order valence-electron chi connectivity index (χ2n) is 4.05. The molecule has 0 saturated heterocycles. The van der Waals surface area contributed by atoms with Crippen LogP contribution in [0.5, 0.6) is 0 Å². The molecule has 6 heteroatoms. The Balaban J connectivity index is 2.10. The summed E-state index contributed by atoms with van der Waals surface area (Å²) in [6.07, 6.45) is 0. The molecule has 3 nitrogen and oxygen atoms in total. The maximum absolute atomic E-state index is 12.0. The number of thiophene rings is 1. The van der Waals surface area contributed by atoms with E-state index in [-0.39, 0.29) is 11.5 Å². The van der Waals surface area contributed by atoms with Crippen molar-refractivity contribution in [1.82, 2.24) is 0 Å². The second-order valence-corrected chi connectivity index (χ2v) is 7.91. The average Bonchev–Trinajstić information content (AvgIpc) is 2.74. The fourth-order valence-corrected chi connectivity index (χ4v) is 4.62. The minimum atomic E-state index is -3.23. The number of benzene rings is 1. The first kappa shape index (κ1) is 14.1. The standard InChI is InChI=1S/C13H10ClNO2S2/c14-13-6-5-12(18-13)9-19(16,17)8-11-3-1-10(7-15)2-4-11/h1-6H,8-9H2. The summed E-state index contributed by atoms with van der Waals surface area (Å²) >= 11 is 7.05. The van der Waals surface area contributed by atoms with Gasteiger partial charge in [-0.15, -0.1) is 11.3 Å². The summed E-state index contributed by atoms with van der Waals surface area (Å²) in [7, 11) is -3.23. The molecule has 2 rings (SSSR count). The Kier molecular flexibility index (Phi) is 4.25. The van der Waals surface area contributed by atoms with Crippen molar-refractivity contribution in [2.45, 2.75) is 11.5 Å². The van der Waals surface area contributed by atoms with Crippen LogP contribution < -0.4 is 0 Å². The Bertz CT molecular complexity index is 712. The topological polar surface area (TPSA) is 57.9 Å². The molecule has 98 valence electrons. The van der Waals surface area contributed by atoms with E-state index in [9.17, 15) is 8.42 Å². The lowest BCUT2D eigenvalue weighted by Crippen LogP contribution is -2.06. The third kappa shape index (κ3) is 4.06. The lowest BCUT2D eigenvalue weighted by molar-refractivity contribution is 0.595. The van der Waals surface area contributed by atoms with Crippen LogP contribution >= 0.6 is 22.9 Å². The molecule has 1 aromatic heterocycles. The number of nitriles is 1. The number of hydrogen-bond acceptors (Lipinski definition) is 4. The van der Waals surface area contributed by atoms with Crippen LogP contribution in [0.3, 0.4) is 0 Å². The predicted octanol–water partition coefficient (Wildman–Crippen LogP) is 3.39. The molecule has 0 bridgehead atoms. The van der Waals surface area contributed by atoms with E-state index in [0.29, 0.717) is 15.5 Å². The van der Waals surface area contributed by atoms with Crippen molar-refractivity contribution in [3.63, 3.8) is 0 Å². The molecule has 0 aliphatic heterocycles. The van der Waals surface area contributed by atoms with Crippen LogP contribution in [0.4, 0.5) is 0 Å². The maximum Gasteiger partial charge on any atom is 0.159 e. The van der Waals surface area contributed by atoms with Gasteiger partial charge in [0.2, 0.25) is 0 Å². The molecule has 0 N–H and O–H groups in total. The molecular weight excluding hydrogens is 302 g/mol. The first-order valence-electron chi connectivity index (χ1n) is 5.42. The van der Waals surface area contributed by atoms with E-state index in [1.54, 1.807) is 36.4 Å². The van der Waals surface area contributed by atoms with E-state index in [2.05, 4.69) is 0 Å². The van der Waals surface area contributed by atoms with Gasteiger partial charge in [-0.3, -0.25) is 0 Å². The fraction of sp³-hybridized carbons (Fsp3) is 0.154. The second kappa shape index (κ2) is 5.74. The number of hydrogen-bond donors (Lipinski definition) is 0. The van der Waals surface area contributed by atoms with Crippen molar-refractivity contribution in [3.8, 4) is 6.07 Å². The van der Waals surface area contributed by atoms with Crippen LogP contribution in [0, 0.1) is 11.3 Å². The van der Waals surface area contributed by atoms with E-state index in [1.165, 1.54) is 11.3 Å². The number of rotatable bonds is 4. The fourth-order valence-electron chi connectivity index (χ4n) is 1.63. The number of halogens is 1. The highest BCUT2D eigenvalue weighted by atomic mass is 35.5. The van der Waals surface area contributed by atoms with Crippen LogP contribution in [0.25, 0.3) is 0 Å². The van der Waals surface area contributed by atoms with Gasteiger partial charge in [-0.25, -0.2) is 8.42 Å². The summed E-state index contributed by atoms with van der Waals surface area (Å²) in [5, 5.41) is 8.68. The molecule has 19 heavy (non-hydrogen) atoms. The third-order valence-electron chi connectivity index (χ3n) is 2.46. The minimum Gasteiger partial charge on any atom is -0.228 e. The Morgan fingerprint density at radius 1 is 1.11 bits per heavy atom. The molecule has 0 unspecified atom stereocenters. The molecular formula is C13H10ClNO2S2. The molecule has 0 saturated carbocycles. The SMILES string of the molecule is N#Cc1ccc(CS(=O)(=O)Cc2ccc(Cl)s2)cc1. The van der Waals surface area contributed by atoms with Crippen molar-refractivity contribution in [3.05, 3.63) is 56.7 Å². The normalized spacial score (nSPS) is 11.2. The lowest BCUT2D eigenvalue weighted by atomic mass is 10.2. The average molecular weight is 312 g/mol. The largest absolute Gasteiger partial charge is 0.228 e. The van der Waals surface area contributed by atoms with E-state index in [0.717, 1.165) is 4.88 Å².